The Morgan fingerprint density at radius 2 is 0.854 bits per heavy atom. The van der Waals surface area contributed by atoms with Crippen molar-refractivity contribution in [2.45, 2.75) is 0 Å². The quantitative estimate of drug-likeness (QED) is 0.207. The van der Waals surface area contributed by atoms with Crippen LogP contribution in [0.15, 0.2) is 150 Å². The Balaban J connectivity index is 1.49. The molecule has 0 unspecified atom stereocenters. The molecular formula is C40H24O. The lowest BCUT2D eigenvalue weighted by Crippen LogP contribution is -1.91. The van der Waals surface area contributed by atoms with E-state index in [1.807, 2.05) is 0 Å². The highest BCUT2D eigenvalue weighted by molar-refractivity contribution is 6.30. The Hall–Kier alpha value is -5.40. The van der Waals surface area contributed by atoms with Gasteiger partial charge in [-0.3, -0.25) is 0 Å². The van der Waals surface area contributed by atoms with Crippen LogP contribution in [0.2, 0.25) is 0 Å². The van der Waals surface area contributed by atoms with Crippen molar-refractivity contribution in [3.05, 3.63) is 146 Å². The molecule has 0 saturated heterocycles. The smallest absolute Gasteiger partial charge is 0.136 e. The molecule has 1 nitrogen and oxygen atoms in total. The van der Waals surface area contributed by atoms with Crippen LogP contribution in [0.4, 0.5) is 0 Å². The van der Waals surface area contributed by atoms with E-state index in [2.05, 4.69) is 146 Å². The average Bonchev–Trinajstić information content (AvgIpc) is 3.43. The van der Waals surface area contributed by atoms with Crippen LogP contribution in [-0.4, -0.2) is 0 Å². The third kappa shape index (κ3) is 3.18. The molecule has 0 N–H and O–H groups in total. The molecular weight excluding hydrogens is 496 g/mol. The van der Waals surface area contributed by atoms with Crippen molar-refractivity contribution >= 4 is 65.0 Å². The summed E-state index contributed by atoms with van der Waals surface area (Å²) in [6.45, 7) is 0. The van der Waals surface area contributed by atoms with E-state index in [0.29, 0.717) is 0 Å². The van der Waals surface area contributed by atoms with Crippen LogP contribution in [0.5, 0.6) is 0 Å². The molecule has 1 heteroatoms. The van der Waals surface area contributed by atoms with E-state index in [1.165, 1.54) is 76.1 Å². The second-order valence-corrected chi connectivity index (χ2v) is 10.8. The summed E-state index contributed by atoms with van der Waals surface area (Å²) in [5, 5.41) is 12.3. The van der Waals surface area contributed by atoms with E-state index in [4.69, 9.17) is 4.42 Å². The van der Waals surface area contributed by atoms with Gasteiger partial charge in [0.15, 0.2) is 0 Å². The lowest BCUT2D eigenvalue weighted by molar-refractivity contribution is 0.669. The van der Waals surface area contributed by atoms with Gasteiger partial charge in [-0.05, 0) is 77.5 Å². The first-order chi connectivity index (χ1) is 20.4. The van der Waals surface area contributed by atoms with Crippen molar-refractivity contribution in [2.24, 2.45) is 0 Å². The lowest BCUT2D eigenvalue weighted by atomic mass is 9.84. The number of benzene rings is 8. The van der Waals surface area contributed by atoms with Crippen molar-refractivity contribution in [3.63, 3.8) is 0 Å². The maximum atomic E-state index is 6.65. The van der Waals surface area contributed by atoms with E-state index < -0.39 is 0 Å². The fraction of sp³-hybridized carbons (Fsp3) is 0. The SMILES string of the molecule is c1ccc(-c2c3ccccc3c(-c3cc4oc5ccc6ccccc6c5c4c4ccccc34)c3ccccc23)cc1. The Bertz CT molecular complexity index is 2410. The molecule has 0 aliphatic heterocycles. The first kappa shape index (κ1) is 22.4. The Morgan fingerprint density at radius 1 is 0.341 bits per heavy atom. The van der Waals surface area contributed by atoms with Gasteiger partial charge >= 0.3 is 0 Å². The van der Waals surface area contributed by atoms with Crippen molar-refractivity contribution < 1.29 is 4.42 Å². The normalized spacial score (nSPS) is 11.9. The molecule has 1 aromatic heterocycles. The fourth-order valence-electron chi connectivity index (χ4n) is 6.94. The van der Waals surface area contributed by atoms with Gasteiger partial charge in [0.1, 0.15) is 11.2 Å². The third-order valence-electron chi connectivity index (χ3n) is 8.63. The second kappa shape index (κ2) is 8.55. The molecule has 8 aromatic carbocycles. The molecule has 0 bridgehead atoms. The molecule has 0 saturated carbocycles. The number of rotatable bonds is 2. The maximum Gasteiger partial charge on any atom is 0.136 e. The maximum absolute atomic E-state index is 6.65. The van der Waals surface area contributed by atoms with E-state index in [0.717, 1.165) is 11.2 Å². The minimum absolute atomic E-state index is 0.922. The zero-order chi connectivity index (χ0) is 26.9. The highest BCUT2D eigenvalue weighted by Gasteiger charge is 2.21. The number of furan rings is 1. The van der Waals surface area contributed by atoms with Crippen LogP contribution in [-0.2, 0) is 0 Å². The fourth-order valence-corrected chi connectivity index (χ4v) is 6.94. The average molecular weight is 521 g/mol. The second-order valence-electron chi connectivity index (χ2n) is 10.8. The molecule has 41 heavy (non-hydrogen) atoms. The first-order valence-corrected chi connectivity index (χ1v) is 14.1. The summed E-state index contributed by atoms with van der Waals surface area (Å²) in [5.74, 6) is 0. The summed E-state index contributed by atoms with van der Waals surface area (Å²) < 4.78 is 6.65. The number of fused-ring (bicyclic) bond motifs is 9. The topological polar surface area (TPSA) is 13.1 Å². The predicted molar refractivity (Wildman–Crippen MR) is 175 cm³/mol. The highest BCUT2D eigenvalue weighted by Crippen LogP contribution is 2.48. The highest BCUT2D eigenvalue weighted by atomic mass is 16.3. The van der Waals surface area contributed by atoms with Crippen molar-refractivity contribution in [2.75, 3.05) is 0 Å². The van der Waals surface area contributed by atoms with Crippen LogP contribution in [0.3, 0.4) is 0 Å². The summed E-state index contributed by atoms with van der Waals surface area (Å²) in [6.07, 6.45) is 0. The molecule has 0 atom stereocenters. The van der Waals surface area contributed by atoms with Crippen molar-refractivity contribution in [1.82, 2.24) is 0 Å². The largest absolute Gasteiger partial charge is 0.456 e. The molecule has 9 aromatic rings. The van der Waals surface area contributed by atoms with Crippen LogP contribution >= 0.6 is 0 Å². The van der Waals surface area contributed by atoms with Crippen LogP contribution in [0.25, 0.3) is 87.3 Å². The van der Waals surface area contributed by atoms with E-state index in [9.17, 15) is 0 Å². The molecule has 190 valence electrons. The Kier molecular flexibility index (Phi) is 4.67. The Morgan fingerprint density at radius 3 is 1.54 bits per heavy atom. The first-order valence-electron chi connectivity index (χ1n) is 14.1. The molecule has 0 amide bonds. The van der Waals surface area contributed by atoms with Gasteiger partial charge in [0.25, 0.3) is 0 Å². The lowest BCUT2D eigenvalue weighted by Gasteiger charge is -2.19. The minimum Gasteiger partial charge on any atom is -0.456 e. The van der Waals surface area contributed by atoms with Gasteiger partial charge in [-0.15, -0.1) is 0 Å². The van der Waals surface area contributed by atoms with Crippen LogP contribution in [0.1, 0.15) is 0 Å². The molecule has 9 rings (SSSR count). The van der Waals surface area contributed by atoms with E-state index in [-0.39, 0.29) is 0 Å². The zero-order valence-corrected chi connectivity index (χ0v) is 22.3. The molecule has 0 radical (unpaired) electrons. The van der Waals surface area contributed by atoms with Gasteiger partial charge in [0, 0.05) is 10.8 Å². The number of hydrogen-bond acceptors (Lipinski definition) is 1. The monoisotopic (exact) mass is 520 g/mol. The minimum atomic E-state index is 0.922. The molecule has 0 fully saturated rings. The van der Waals surface area contributed by atoms with Gasteiger partial charge in [0.2, 0.25) is 0 Å². The summed E-state index contributed by atoms with van der Waals surface area (Å²) in [6, 6.07) is 52.4. The summed E-state index contributed by atoms with van der Waals surface area (Å²) in [7, 11) is 0. The zero-order valence-electron chi connectivity index (χ0n) is 22.3. The predicted octanol–water partition coefficient (Wildman–Crippen LogP) is 11.5. The van der Waals surface area contributed by atoms with E-state index in [1.54, 1.807) is 0 Å². The van der Waals surface area contributed by atoms with Gasteiger partial charge in [-0.2, -0.15) is 0 Å². The molecule has 0 aliphatic carbocycles. The van der Waals surface area contributed by atoms with Gasteiger partial charge in [0.05, 0.1) is 0 Å². The van der Waals surface area contributed by atoms with Crippen LogP contribution in [0, 0.1) is 0 Å². The van der Waals surface area contributed by atoms with Gasteiger partial charge in [-0.1, -0.05) is 133 Å². The van der Waals surface area contributed by atoms with Crippen molar-refractivity contribution in [1.29, 1.82) is 0 Å². The summed E-state index contributed by atoms with van der Waals surface area (Å²) >= 11 is 0. The standard InChI is InChI=1S/C40H24O/c1-2-13-26(14-3-1)37-30-18-8-10-20-32(30)38(33-21-11-9-19-31(33)37)34-24-36-40(29-17-7-6-16-28(29)34)39-27-15-5-4-12-25(27)22-23-35(39)41-36/h1-24H. The van der Waals surface area contributed by atoms with Crippen molar-refractivity contribution in [3.8, 4) is 22.3 Å². The van der Waals surface area contributed by atoms with Gasteiger partial charge < -0.3 is 4.42 Å². The number of hydrogen-bond donors (Lipinski definition) is 0. The molecule has 0 spiro atoms. The molecule has 1 heterocycles. The third-order valence-corrected chi connectivity index (χ3v) is 8.63. The van der Waals surface area contributed by atoms with Gasteiger partial charge in [-0.25, -0.2) is 0 Å². The van der Waals surface area contributed by atoms with Crippen LogP contribution < -0.4 is 0 Å². The molecule has 0 aliphatic rings. The summed E-state index contributed by atoms with van der Waals surface area (Å²) in [4.78, 5) is 0. The summed E-state index contributed by atoms with van der Waals surface area (Å²) in [5.41, 5.74) is 6.81. The Labute approximate surface area is 236 Å². The van der Waals surface area contributed by atoms with E-state index >= 15 is 0 Å².